The molecule has 0 amide bonds. The molecule has 0 bridgehead atoms. The van der Waals surface area contributed by atoms with Gasteiger partial charge in [0, 0.05) is 10.1 Å². The van der Waals surface area contributed by atoms with Gasteiger partial charge in [0.1, 0.15) is 6.04 Å². The highest BCUT2D eigenvalue weighted by Crippen LogP contribution is 2.43. The number of piperidine rings is 1. The molecule has 0 radical (unpaired) electrons. The van der Waals surface area contributed by atoms with E-state index in [4.69, 9.17) is 0 Å². The van der Waals surface area contributed by atoms with Crippen LogP contribution in [0.2, 0.25) is 0 Å². The molecule has 1 heterocycles. The lowest BCUT2D eigenvalue weighted by Crippen LogP contribution is -2.49. The number of aromatic carboxylic acids is 1. The molecular formula is C18H23NO4S. The van der Waals surface area contributed by atoms with Crippen LogP contribution in [0.4, 0.5) is 0 Å². The average Bonchev–Trinajstić information content (AvgIpc) is 2.54. The fourth-order valence-electron chi connectivity index (χ4n) is 3.90. The van der Waals surface area contributed by atoms with Gasteiger partial charge < -0.3 is 15.5 Å². The third-order valence-electron chi connectivity index (χ3n) is 5.22. The Morgan fingerprint density at radius 1 is 1.17 bits per heavy atom. The van der Waals surface area contributed by atoms with Crippen molar-refractivity contribution in [2.24, 2.45) is 11.8 Å². The standard InChI is InChI=1S/C18H23NO4S/c1-10-2-5-14(17(20)21)16(6-10)24-13-4-3-11-9-19-15(18(22)23)8-12(11)7-13/h2,5-6,11-13,15,19H,3-4,7-9H2,1H3,(H,20,21)(H,22,23). The van der Waals surface area contributed by atoms with Gasteiger partial charge in [-0.1, -0.05) is 6.07 Å². The molecule has 0 aromatic heterocycles. The second-order valence-corrected chi connectivity index (χ2v) is 8.25. The molecule has 3 rings (SSSR count). The van der Waals surface area contributed by atoms with Crippen molar-refractivity contribution in [2.45, 2.75) is 48.8 Å². The zero-order chi connectivity index (χ0) is 17.3. The van der Waals surface area contributed by atoms with Crippen LogP contribution in [-0.4, -0.2) is 40.0 Å². The highest BCUT2D eigenvalue weighted by atomic mass is 32.2. The molecule has 0 spiro atoms. The molecule has 1 aromatic carbocycles. The summed E-state index contributed by atoms with van der Waals surface area (Å²) >= 11 is 1.65. The maximum Gasteiger partial charge on any atom is 0.336 e. The highest BCUT2D eigenvalue weighted by Gasteiger charge is 2.38. The Morgan fingerprint density at radius 3 is 2.67 bits per heavy atom. The predicted molar refractivity (Wildman–Crippen MR) is 92.7 cm³/mol. The summed E-state index contributed by atoms with van der Waals surface area (Å²) in [7, 11) is 0. The van der Waals surface area contributed by atoms with Gasteiger partial charge >= 0.3 is 11.9 Å². The normalized spacial score (nSPS) is 29.7. The molecule has 130 valence electrons. The minimum atomic E-state index is -0.890. The number of aryl methyl sites for hydroxylation is 1. The van der Waals surface area contributed by atoms with Crippen molar-refractivity contribution in [1.29, 1.82) is 0 Å². The lowest BCUT2D eigenvalue weighted by atomic mass is 9.73. The van der Waals surface area contributed by atoms with E-state index < -0.39 is 18.0 Å². The number of thioether (sulfide) groups is 1. The first kappa shape index (κ1) is 17.3. The third-order valence-corrected chi connectivity index (χ3v) is 6.57. The monoisotopic (exact) mass is 349 g/mol. The van der Waals surface area contributed by atoms with Crippen LogP contribution >= 0.6 is 11.8 Å². The fraction of sp³-hybridized carbons (Fsp3) is 0.556. The third kappa shape index (κ3) is 3.75. The molecule has 1 saturated carbocycles. The van der Waals surface area contributed by atoms with Gasteiger partial charge in [0.05, 0.1) is 5.56 Å². The number of rotatable bonds is 4. The van der Waals surface area contributed by atoms with Crippen molar-refractivity contribution < 1.29 is 19.8 Å². The van der Waals surface area contributed by atoms with Crippen molar-refractivity contribution in [3.05, 3.63) is 29.3 Å². The number of benzene rings is 1. The Kier molecular flexibility index (Phi) is 5.15. The van der Waals surface area contributed by atoms with Gasteiger partial charge in [-0.15, -0.1) is 11.8 Å². The maximum atomic E-state index is 11.4. The van der Waals surface area contributed by atoms with E-state index in [-0.39, 0.29) is 0 Å². The van der Waals surface area contributed by atoms with E-state index in [1.807, 2.05) is 19.1 Å². The number of carboxylic acid groups (broad SMARTS) is 2. The summed E-state index contributed by atoms with van der Waals surface area (Å²) in [4.78, 5) is 23.5. The van der Waals surface area contributed by atoms with Gasteiger partial charge in [-0.25, -0.2) is 4.79 Å². The molecule has 4 unspecified atom stereocenters. The topological polar surface area (TPSA) is 86.6 Å². The van der Waals surface area contributed by atoms with E-state index in [1.54, 1.807) is 17.8 Å². The molecule has 6 heteroatoms. The second-order valence-electron chi connectivity index (χ2n) is 6.91. The zero-order valence-electron chi connectivity index (χ0n) is 13.7. The maximum absolute atomic E-state index is 11.4. The summed E-state index contributed by atoms with van der Waals surface area (Å²) in [5.41, 5.74) is 1.42. The predicted octanol–water partition coefficient (Wildman–Crippen LogP) is 3.02. The molecule has 3 N–H and O–H groups in total. The van der Waals surface area contributed by atoms with E-state index in [1.165, 1.54) is 0 Å². The van der Waals surface area contributed by atoms with Crippen LogP contribution in [-0.2, 0) is 4.79 Å². The lowest BCUT2D eigenvalue weighted by Gasteiger charge is -2.41. The zero-order valence-corrected chi connectivity index (χ0v) is 14.5. The van der Waals surface area contributed by atoms with Crippen molar-refractivity contribution in [3.8, 4) is 0 Å². The quantitative estimate of drug-likeness (QED) is 0.775. The molecular weight excluding hydrogens is 326 g/mol. The summed E-state index contributed by atoms with van der Waals surface area (Å²) < 4.78 is 0. The van der Waals surface area contributed by atoms with Gasteiger partial charge in [0.2, 0.25) is 0 Å². The molecule has 1 aliphatic carbocycles. The fourth-order valence-corrected chi connectivity index (χ4v) is 5.39. The Hall–Kier alpha value is -1.53. The Labute approximate surface area is 145 Å². The molecule has 2 aliphatic rings. The number of hydrogen-bond donors (Lipinski definition) is 3. The van der Waals surface area contributed by atoms with Crippen LogP contribution in [0.25, 0.3) is 0 Å². The molecule has 1 aliphatic heterocycles. The van der Waals surface area contributed by atoms with Gasteiger partial charge in [-0.2, -0.15) is 0 Å². The van der Waals surface area contributed by atoms with E-state index in [2.05, 4.69) is 5.32 Å². The minimum Gasteiger partial charge on any atom is -0.480 e. The molecule has 2 fully saturated rings. The Balaban J connectivity index is 1.70. The van der Waals surface area contributed by atoms with Crippen LogP contribution in [0.15, 0.2) is 23.1 Å². The van der Waals surface area contributed by atoms with E-state index in [9.17, 15) is 19.8 Å². The van der Waals surface area contributed by atoms with Crippen LogP contribution in [0.5, 0.6) is 0 Å². The number of fused-ring (bicyclic) bond motifs is 1. The molecule has 1 saturated heterocycles. The van der Waals surface area contributed by atoms with Crippen LogP contribution in [0, 0.1) is 18.8 Å². The van der Waals surface area contributed by atoms with Crippen molar-refractivity contribution in [3.63, 3.8) is 0 Å². The van der Waals surface area contributed by atoms with Crippen LogP contribution < -0.4 is 5.32 Å². The number of carbonyl (C=O) groups is 2. The first-order chi connectivity index (χ1) is 11.4. The summed E-state index contributed by atoms with van der Waals surface area (Å²) in [6.07, 6.45) is 3.78. The number of carboxylic acids is 2. The summed E-state index contributed by atoms with van der Waals surface area (Å²) in [5.74, 6) is -0.695. The lowest BCUT2D eigenvalue weighted by molar-refractivity contribution is -0.141. The number of hydrogen-bond acceptors (Lipinski definition) is 4. The number of nitrogens with one attached hydrogen (secondary N) is 1. The smallest absolute Gasteiger partial charge is 0.336 e. The first-order valence-corrected chi connectivity index (χ1v) is 9.28. The first-order valence-electron chi connectivity index (χ1n) is 8.41. The highest BCUT2D eigenvalue weighted by molar-refractivity contribution is 8.00. The summed E-state index contributed by atoms with van der Waals surface area (Å²) in [6, 6.07) is 5.01. The van der Waals surface area contributed by atoms with Crippen molar-refractivity contribution in [1.82, 2.24) is 5.32 Å². The molecule has 4 atom stereocenters. The average molecular weight is 349 g/mol. The van der Waals surface area contributed by atoms with Gasteiger partial charge in [0.25, 0.3) is 0 Å². The molecule has 5 nitrogen and oxygen atoms in total. The SMILES string of the molecule is Cc1ccc(C(=O)O)c(SC2CCC3CNC(C(=O)O)CC3C2)c1. The van der Waals surface area contributed by atoms with Crippen LogP contribution in [0.1, 0.15) is 41.6 Å². The Bertz CT molecular complexity index is 648. The van der Waals surface area contributed by atoms with Crippen molar-refractivity contribution >= 4 is 23.7 Å². The largest absolute Gasteiger partial charge is 0.480 e. The van der Waals surface area contributed by atoms with E-state index >= 15 is 0 Å². The summed E-state index contributed by atoms with van der Waals surface area (Å²) in [6.45, 7) is 2.75. The molecule has 24 heavy (non-hydrogen) atoms. The van der Waals surface area contributed by atoms with Crippen molar-refractivity contribution in [2.75, 3.05) is 6.54 Å². The second kappa shape index (κ2) is 7.15. The van der Waals surface area contributed by atoms with E-state index in [0.717, 1.165) is 36.3 Å². The summed E-state index contributed by atoms with van der Waals surface area (Å²) in [5, 5.41) is 22.1. The minimum absolute atomic E-state index is 0.360. The van der Waals surface area contributed by atoms with Gasteiger partial charge in [-0.05, 0) is 68.7 Å². The number of aliphatic carboxylic acids is 1. The van der Waals surface area contributed by atoms with Gasteiger partial charge in [0.15, 0.2) is 0 Å². The molecule has 1 aromatic rings. The van der Waals surface area contributed by atoms with Gasteiger partial charge in [-0.3, -0.25) is 4.79 Å². The van der Waals surface area contributed by atoms with E-state index in [0.29, 0.717) is 29.1 Å². The van der Waals surface area contributed by atoms with Crippen LogP contribution in [0.3, 0.4) is 0 Å². The Morgan fingerprint density at radius 2 is 1.96 bits per heavy atom.